The highest BCUT2D eigenvalue weighted by Crippen LogP contribution is 2.18. The van der Waals surface area contributed by atoms with Gasteiger partial charge in [-0.3, -0.25) is 4.79 Å². The molecule has 134 valence electrons. The second-order valence-electron chi connectivity index (χ2n) is 5.91. The molecule has 24 heavy (non-hydrogen) atoms. The molecule has 1 fully saturated rings. The van der Waals surface area contributed by atoms with Crippen LogP contribution in [0.2, 0.25) is 0 Å². The van der Waals surface area contributed by atoms with E-state index in [2.05, 4.69) is 5.32 Å². The largest absolute Gasteiger partial charge is 0.379 e. The van der Waals surface area contributed by atoms with Crippen molar-refractivity contribution in [1.29, 1.82) is 0 Å². The zero-order chi connectivity index (χ0) is 17.9. The summed E-state index contributed by atoms with van der Waals surface area (Å²) >= 11 is 0. The van der Waals surface area contributed by atoms with Crippen molar-refractivity contribution in [3.8, 4) is 0 Å². The van der Waals surface area contributed by atoms with Gasteiger partial charge in [-0.25, -0.2) is 21.5 Å². The lowest BCUT2D eigenvalue weighted by molar-refractivity contribution is -0.121. The lowest BCUT2D eigenvalue weighted by Crippen LogP contribution is -2.44. The van der Waals surface area contributed by atoms with E-state index in [1.54, 1.807) is 0 Å². The number of ether oxygens (including phenoxy) is 1. The Labute approximate surface area is 139 Å². The first-order valence-electron chi connectivity index (χ1n) is 7.41. The highest BCUT2D eigenvalue weighted by atomic mass is 32.2. The van der Waals surface area contributed by atoms with E-state index >= 15 is 0 Å². The number of benzene rings is 1. The van der Waals surface area contributed by atoms with E-state index in [0.29, 0.717) is 0 Å². The average Bonchev–Trinajstić information content (AvgIpc) is 2.89. The molecule has 0 aromatic heterocycles. The standard InChI is InChI=1S/C15H20F2N2O4S/c1-19(2)24(21,22)9-10-7-23-8-14(10)18-15(20)6-11-12(16)4-3-5-13(11)17/h3-5,10,14H,6-9H2,1-2H3,(H,18,20). The first-order chi connectivity index (χ1) is 11.2. The van der Waals surface area contributed by atoms with Crippen molar-refractivity contribution in [3.63, 3.8) is 0 Å². The van der Waals surface area contributed by atoms with Crippen LogP contribution in [0.4, 0.5) is 8.78 Å². The second kappa shape index (κ2) is 7.54. The van der Waals surface area contributed by atoms with Crippen LogP contribution < -0.4 is 5.32 Å². The summed E-state index contributed by atoms with van der Waals surface area (Å²) in [4.78, 5) is 12.1. The maximum atomic E-state index is 13.6. The fourth-order valence-corrected chi connectivity index (χ4v) is 3.63. The van der Waals surface area contributed by atoms with Gasteiger partial charge in [0.2, 0.25) is 15.9 Å². The molecule has 0 aliphatic carbocycles. The molecule has 9 heteroatoms. The van der Waals surface area contributed by atoms with E-state index in [1.165, 1.54) is 20.2 Å². The van der Waals surface area contributed by atoms with Crippen LogP contribution in [0.1, 0.15) is 5.56 Å². The molecule has 1 aromatic rings. The number of carbonyl (C=O) groups excluding carboxylic acids is 1. The minimum atomic E-state index is -3.44. The monoisotopic (exact) mass is 362 g/mol. The molecule has 2 atom stereocenters. The predicted octanol–water partition coefficient (Wildman–Crippen LogP) is 0.530. The summed E-state index contributed by atoms with van der Waals surface area (Å²) in [6.07, 6.45) is -0.456. The number of carbonyl (C=O) groups is 1. The van der Waals surface area contributed by atoms with Crippen LogP contribution in [0, 0.1) is 17.6 Å². The summed E-state index contributed by atoms with van der Waals surface area (Å²) in [6, 6.07) is 2.87. The fraction of sp³-hybridized carbons (Fsp3) is 0.533. The quantitative estimate of drug-likeness (QED) is 0.801. The van der Waals surface area contributed by atoms with E-state index in [1.807, 2.05) is 0 Å². The lowest BCUT2D eigenvalue weighted by atomic mass is 10.1. The topological polar surface area (TPSA) is 75.7 Å². The molecule has 1 aliphatic rings. The Morgan fingerprint density at radius 1 is 1.29 bits per heavy atom. The summed E-state index contributed by atoms with van der Waals surface area (Å²) in [5, 5.41) is 2.61. The molecular formula is C15H20F2N2O4S. The van der Waals surface area contributed by atoms with Gasteiger partial charge in [0.1, 0.15) is 11.6 Å². The van der Waals surface area contributed by atoms with Crippen molar-refractivity contribution in [2.45, 2.75) is 12.5 Å². The first kappa shape index (κ1) is 18.8. The first-order valence-corrected chi connectivity index (χ1v) is 9.02. The number of hydrogen-bond donors (Lipinski definition) is 1. The number of nitrogens with zero attached hydrogens (tertiary/aromatic N) is 1. The molecule has 1 amide bonds. The summed E-state index contributed by atoms with van der Waals surface area (Å²) in [6.45, 7) is 0.366. The minimum Gasteiger partial charge on any atom is -0.379 e. The minimum absolute atomic E-state index is 0.166. The number of rotatable bonds is 6. The van der Waals surface area contributed by atoms with Gasteiger partial charge in [-0.2, -0.15) is 0 Å². The van der Waals surface area contributed by atoms with Crippen molar-refractivity contribution in [3.05, 3.63) is 35.4 Å². The molecule has 1 N–H and O–H groups in total. The molecule has 1 saturated heterocycles. The predicted molar refractivity (Wildman–Crippen MR) is 83.8 cm³/mol. The number of hydrogen-bond acceptors (Lipinski definition) is 4. The Hall–Kier alpha value is -1.58. The Morgan fingerprint density at radius 2 is 1.92 bits per heavy atom. The highest BCUT2D eigenvalue weighted by molar-refractivity contribution is 7.89. The van der Waals surface area contributed by atoms with E-state index in [-0.39, 0.29) is 24.5 Å². The third-order valence-corrected chi connectivity index (χ3v) is 5.89. The Bertz CT molecular complexity index is 689. The Morgan fingerprint density at radius 3 is 2.50 bits per heavy atom. The maximum absolute atomic E-state index is 13.6. The third kappa shape index (κ3) is 4.49. The third-order valence-electron chi connectivity index (χ3n) is 3.92. The second-order valence-corrected chi connectivity index (χ2v) is 8.14. The number of halogens is 2. The van der Waals surface area contributed by atoms with Crippen molar-refractivity contribution in [1.82, 2.24) is 9.62 Å². The molecule has 2 unspecified atom stereocenters. The average molecular weight is 362 g/mol. The highest BCUT2D eigenvalue weighted by Gasteiger charge is 2.34. The van der Waals surface area contributed by atoms with Crippen molar-refractivity contribution in [2.24, 2.45) is 5.92 Å². The summed E-state index contributed by atoms with van der Waals surface area (Å²) in [5.74, 6) is -2.74. The van der Waals surface area contributed by atoms with Gasteiger partial charge in [0, 0.05) is 25.6 Å². The van der Waals surface area contributed by atoms with Crippen LogP contribution in [0.3, 0.4) is 0 Å². The molecule has 1 aromatic carbocycles. The van der Waals surface area contributed by atoms with Gasteiger partial charge in [0.05, 0.1) is 31.4 Å². The number of amides is 1. The maximum Gasteiger partial charge on any atom is 0.224 e. The SMILES string of the molecule is CN(C)S(=O)(=O)CC1COCC1NC(=O)Cc1c(F)cccc1F. The van der Waals surface area contributed by atoms with Crippen LogP contribution in [0.15, 0.2) is 18.2 Å². The molecule has 0 radical (unpaired) electrons. The molecular weight excluding hydrogens is 342 g/mol. The van der Waals surface area contributed by atoms with Gasteiger partial charge in [-0.05, 0) is 12.1 Å². The number of nitrogens with one attached hydrogen (secondary N) is 1. The van der Waals surface area contributed by atoms with Crippen LogP contribution in [-0.2, 0) is 26.0 Å². The van der Waals surface area contributed by atoms with Crippen LogP contribution >= 0.6 is 0 Å². The Balaban J connectivity index is 2.00. The zero-order valence-electron chi connectivity index (χ0n) is 13.5. The van der Waals surface area contributed by atoms with Gasteiger partial charge in [-0.15, -0.1) is 0 Å². The molecule has 2 rings (SSSR count). The molecule has 0 bridgehead atoms. The lowest BCUT2D eigenvalue weighted by Gasteiger charge is -2.21. The van der Waals surface area contributed by atoms with Crippen molar-refractivity contribution < 1.29 is 26.7 Å². The van der Waals surface area contributed by atoms with Crippen LogP contribution in [0.25, 0.3) is 0 Å². The summed E-state index contributed by atoms with van der Waals surface area (Å²) in [5.41, 5.74) is -0.314. The van der Waals surface area contributed by atoms with Crippen molar-refractivity contribution >= 4 is 15.9 Å². The van der Waals surface area contributed by atoms with E-state index in [9.17, 15) is 22.0 Å². The van der Waals surface area contributed by atoms with Crippen LogP contribution in [0.5, 0.6) is 0 Å². The van der Waals surface area contributed by atoms with Gasteiger partial charge < -0.3 is 10.1 Å². The summed E-state index contributed by atoms with van der Waals surface area (Å²) in [7, 11) is -0.580. The normalized spacial score (nSPS) is 21.2. The zero-order valence-corrected chi connectivity index (χ0v) is 14.3. The van der Waals surface area contributed by atoms with Gasteiger partial charge >= 0.3 is 0 Å². The van der Waals surface area contributed by atoms with Crippen LogP contribution in [-0.4, -0.2) is 57.7 Å². The van der Waals surface area contributed by atoms with E-state index in [4.69, 9.17) is 4.74 Å². The molecule has 1 heterocycles. The smallest absolute Gasteiger partial charge is 0.224 e. The van der Waals surface area contributed by atoms with E-state index < -0.39 is 45.9 Å². The van der Waals surface area contributed by atoms with E-state index in [0.717, 1.165) is 16.4 Å². The Kier molecular flexibility index (Phi) is 5.89. The van der Waals surface area contributed by atoms with Gasteiger partial charge in [-0.1, -0.05) is 6.07 Å². The molecule has 0 saturated carbocycles. The summed E-state index contributed by atoms with van der Waals surface area (Å²) < 4.78 is 57.4. The molecule has 1 aliphatic heterocycles. The number of sulfonamides is 1. The fourth-order valence-electron chi connectivity index (χ4n) is 2.46. The van der Waals surface area contributed by atoms with Gasteiger partial charge in [0.15, 0.2) is 0 Å². The van der Waals surface area contributed by atoms with Crippen molar-refractivity contribution in [2.75, 3.05) is 33.1 Å². The molecule has 6 nitrogen and oxygen atoms in total. The molecule has 0 spiro atoms. The van der Waals surface area contributed by atoms with Gasteiger partial charge in [0.25, 0.3) is 0 Å².